The molecule has 0 unspecified atom stereocenters. The van der Waals surface area contributed by atoms with Crippen LogP contribution in [0.25, 0.3) is 0 Å². The molecular formula is C17H26N4O2. The average molecular weight is 318 g/mol. The van der Waals surface area contributed by atoms with Gasteiger partial charge in [0.05, 0.1) is 0 Å². The zero-order valence-corrected chi connectivity index (χ0v) is 14.2. The van der Waals surface area contributed by atoms with Crippen LogP contribution < -0.4 is 5.32 Å². The lowest BCUT2D eigenvalue weighted by molar-refractivity contribution is 0.0637. The van der Waals surface area contributed by atoms with Gasteiger partial charge < -0.3 is 15.1 Å². The second-order valence-corrected chi connectivity index (χ2v) is 6.26. The van der Waals surface area contributed by atoms with Crippen molar-refractivity contribution in [3.63, 3.8) is 0 Å². The number of aromatic nitrogens is 1. The number of nitrogens with one attached hydrogen (secondary N) is 1. The Bertz CT molecular complexity index is 551. The Morgan fingerprint density at radius 3 is 2.57 bits per heavy atom. The van der Waals surface area contributed by atoms with E-state index >= 15 is 0 Å². The van der Waals surface area contributed by atoms with Crippen LogP contribution in [0.15, 0.2) is 18.3 Å². The number of hydrogen-bond acceptors (Lipinski definition) is 4. The van der Waals surface area contributed by atoms with Gasteiger partial charge >= 0.3 is 0 Å². The molecule has 0 bridgehead atoms. The highest BCUT2D eigenvalue weighted by atomic mass is 16.2. The van der Waals surface area contributed by atoms with Gasteiger partial charge in [-0.3, -0.25) is 14.6 Å². The van der Waals surface area contributed by atoms with Crippen molar-refractivity contribution in [1.82, 2.24) is 20.1 Å². The van der Waals surface area contributed by atoms with Gasteiger partial charge in [0.15, 0.2) is 0 Å². The van der Waals surface area contributed by atoms with Gasteiger partial charge in [-0.15, -0.1) is 0 Å². The molecule has 1 aliphatic rings. The number of likely N-dealkylation sites (N-methyl/N-ethyl adjacent to an activating group) is 1. The number of hydrogen-bond donors (Lipinski definition) is 1. The first kappa shape index (κ1) is 17.4. The maximum absolute atomic E-state index is 12.5. The first-order chi connectivity index (χ1) is 11.0. The molecule has 0 saturated carbocycles. The van der Waals surface area contributed by atoms with Crippen LogP contribution in [0.5, 0.6) is 0 Å². The van der Waals surface area contributed by atoms with E-state index in [-0.39, 0.29) is 11.8 Å². The standard InChI is InChI=1S/C17H26N4O2/c1-4-20-7-9-21(10-8-20)17(23)15-11-14(5-6-18-15)16(22)19-12-13(2)3/h5-6,11,13H,4,7-10,12H2,1-3H3,(H,19,22). The summed E-state index contributed by atoms with van der Waals surface area (Å²) in [6.45, 7) is 11.0. The Morgan fingerprint density at radius 2 is 1.96 bits per heavy atom. The van der Waals surface area contributed by atoms with E-state index in [9.17, 15) is 9.59 Å². The molecule has 0 radical (unpaired) electrons. The molecule has 126 valence electrons. The van der Waals surface area contributed by atoms with Gasteiger partial charge in [0, 0.05) is 44.5 Å². The molecule has 0 aromatic carbocycles. The summed E-state index contributed by atoms with van der Waals surface area (Å²) >= 11 is 0. The van der Waals surface area contributed by atoms with Crippen LogP contribution in [0.1, 0.15) is 41.6 Å². The Kier molecular flexibility index (Phi) is 6.10. The molecule has 1 aromatic rings. The SMILES string of the molecule is CCN1CCN(C(=O)c2cc(C(=O)NCC(C)C)ccn2)CC1. The molecule has 1 N–H and O–H groups in total. The van der Waals surface area contributed by atoms with Crippen LogP contribution in [0, 0.1) is 5.92 Å². The number of amides is 2. The Labute approximate surface area is 137 Å². The van der Waals surface area contributed by atoms with E-state index in [0.29, 0.717) is 36.8 Å². The monoisotopic (exact) mass is 318 g/mol. The van der Waals surface area contributed by atoms with Crippen LogP contribution in [0.2, 0.25) is 0 Å². The van der Waals surface area contributed by atoms with Crippen molar-refractivity contribution in [3.8, 4) is 0 Å². The third-order valence-electron chi connectivity index (χ3n) is 4.02. The summed E-state index contributed by atoms with van der Waals surface area (Å²) in [5.41, 5.74) is 0.823. The van der Waals surface area contributed by atoms with Crippen LogP contribution in [0.4, 0.5) is 0 Å². The van der Waals surface area contributed by atoms with Crippen molar-refractivity contribution in [3.05, 3.63) is 29.6 Å². The zero-order chi connectivity index (χ0) is 16.8. The summed E-state index contributed by atoms with van der Waals surface area (Å²) < 4.78 is 0. The Morgan fingerprint density at radius 1 is 1.26 bits per heavy atom. The van der Waals surface area contributed by atoms with Crippen molar-refractivity contribution >= 4 is 11.8 Å². The predicted molar refractivity (Wildman–Crippen MR) is 89.4 cm³/mol. The number of carbonyl (C=O) groups excluding carboxylic acids is 2. The van der Waals surface area contributed by atoms with E-state index in [4.69, 9.17) is 0 Å². The molecular weight excluding hydrogens is 292 g/mol. The quantitative estimate of drug-likeness (QED) is 0.887. The minimum absolute atomic E-state index is 0.0979. The molecule has 1 saturated heterocycles. The molecule has 23 heavy (non-hydrogen) atoms. The summed E-state index contributed by atoms with van der Waals surface area (Å²) in [6, 6.07) is 3.23. The number of carbonyl (C=O) groups is 2. The normalized spacial score (nSPS) is 15.7. The summed E-state index contributed by atoms with van der Waals surface area (Å²) in [7, 11) is 0. The maximum atomic E-state index is 12.5. The van der Waals surface area contributed by atoms with E-state index < -0.39 is 0 Å². The lowest BCUT2D eigenvalue weighted by Gasteiger charge is -2.33. The van der Waals surface area contributed by atoms with Gasteiger partial charge in [0.2, 0.25) is 0 Å². The van der Waals surface area contributed by atoms with E-state index in [1.54, 1.807) is 12.1 Å². The van der Waals surface area contributed by atoms with Gasteiger partial charge in [0.1, 0.15) is 5.69 Å². The minimum atomic E-state index is -0.161. The number of piperazine rings is 1. The third kappa shape index (κ3) is 4.76. The lowest BCUT2D eigenvalue weighted by atomic mass is 10.1. The Balaban J connectivity index is 2.01. The zero-order valence-electron chi connectivity index (χ0n) is 14.2. The Hall–Kier alpha value is -1.95. The molecule has 6 heteroatoms. The average Bonchev–Trinajstić information content (AvgIpc) is 2.59. The van der Waals surface area contributed by atoms with Gasteiger partial charge in [-0.05, 0) is 24.6 Å². The topological polar surface area (TPSA) is 65.5 Å². The van der Waals surface area contributed by atoms with Crippen molar-refractivity contribution < 1.29 is 9.59 Å². The van der Waals surface area contributed by atoms with Gasteiger partial charge in [-0.2, -0.15) is 0 Å². The van der Waals surface area contributed by atoms with Crippen molar-refractivity contribution in [2.45, 2.75) is 20.8 Å². The van der Waals surface area contributed by atoms with Crippen molar-refractivity contribution in [2.75, 3.05) is 39.3 Å². The second-order valence-electron chi connectivity index (χ2n) is 6.26. The summed E-state index contributed by atoms with van der Waals surface area (Å²) in [5, 5.41) is 2.86. The largest absolute Gasteiger partial charge is 0.352 e. The number of pyridine rings is 1. The fourth-order valence-corrected chi connectivity index (χ4v) is 2.52. The fraction of sp³-hybridized carbons (Fsp3) is 0.588. The molecule has 0 atom stereocenters. The highest BCUT2D eigenvalue weighted by Gasteiger charge is 2.22. The molecule has 2 rings (SSSR count). The first-order valence-electron chi connectivity index (χ1n) is 8.27. The van der Waals surface area contributed by atoms with Gasteiger partial charge in [0.25, 0.3) is 11.8 Å². The van der Waals surface area contributed by atoms with Crippen molar-refractivity contribution in [2.24, 2.45) is 5.92 Å². The highest BCUT2D eigenvalue weighted by molar-refractivity contribution is 5.98. The molecule has 0 spiro atoms. The first-order valence-corrected chi connectivity index (χ1v) is 8.27. The van der Waals surface area contributed by atoms with Crippen LogP contribution in [-0.4, -0.2) is 65.9 Å². The molecule has 1 fully saturated rings. The summed E-state index contributed by atoms with van der Waals surface area (Å²) in [5.74, 6) is 0.127. The second kappa shape index (κ2) is 8.06. The van der Waals surface area contributed by atoms with Crippen molar-refractivity contribution in [1.29, 1.82) is 0 Å². The minimum Gasteiger partial charge on any atom is -0.352 e. The lowest BCUT2D eigenvalue weighted by Crippen LogP contribution is -2.48. The molecule has 0 aliphatic carbocycles. The molecule has 2 amide bonds. The summed E-state index contributed by atoms with van der Waals surface area (Å²) in [6.07, 6.45) is 1.53. The maximum Gasteiger partial charge on any atom is 0.272 e. The van der Waals surface area contributed by atoms with E-state index in [2.05, 4.69) is 22.1 Å². The predicted octanol–water partition coefficient (Wildman–Crippen LogP) is 1.25. The molecule has 6 nitrogen and oxygen atoms in total. The van der Waals surface area contributed by atoms with Gasteiger partial charge in [-0.25, -0.2) is 0 Å². The van der Waals surface area contributed by atoms with E-state index in [0.717, 1.165) is 19.6 Å². The molecule has 1 aliphatic heterocycles. The van der Waals surface area contributed by atoms with E-state index in [1.165, 1.54) is 6.20 Å². The number of rotatable bonds is 5. The van der Waals surface area contributed by atoms with E-state index in [1.807, 2.05) is 18.7 Å². The van der Waals surface area contributed by atoms with Crippen LogP contribution in [0.3, 0.4) is 0 Å². The van der Waals surface area contributed by atoms with Gasteiger partial charge in [-0.1, -0.05) is 20.8 Å². The smallest absolute Gasteiger partial charge is 0.272 e. The number of nitrogens with zero attached hydrogens (tertiary/aromatic N) is 3. The fourth-order valence-electron chi connectivity index (χ4n) is 2.52. The van der Waals surface area contributed by atoms with Crippen LogP contribution >= 0.6 is 0 Å². The third-order valence-corrected chi connectivity index (χ3v) is 4.02. The molecule has 2 heterocycles. The molecule has 1 aromatic heterocycles. The summed E-state index contributed by atoms with van der Waals surface area (Å²) in [4.78, 5) is 32.9. The highest BCUT2D eigenvalue weighted by Crippen LogP contribution is 2.09. The van der Waals surface area contributed by atoms with Crippen LogP contribution in [-0.2, 0) is 0 Å².